The zero-order chi connectivity index (χ0) is 8.85. The molecule has 62 valence electrons. The van der Waals surface area contributed by atoms with Crippen molar-refractivity contribution in [1.29, 1.82) is 0 Å². The standard InChI is InChI=1S/C6H8ClNO3/c1-4(9)8-5(3-7)6(10)11-2/h3H,1-2H3,(H,8,9)/b5-3-. The summed E-state index contributed by atoms with van der Waals surface area (Å²) in [6.07, 6.45) is 0. The van der Waals surface area contributed by atoms with Crippen LogP contribution in [0.15, 0.2) is 11.2 Å². The molecule has 4 nitrogen and oxygen atoms in total. The van der Waals surface area contributed by atoms with Crippen molar-refractivity contribution < 1.29 is 14.3 Å². The van der Waals surface area contributed by atoms with Gasteiger partial charge in [0, 0.05) is 12.5 Å². The second-order valence-electron chi connectivity index (χ2n) is 1.70. The highest BCUT2D eigenvalue weighted by Crippen LogP contribution is 1.94. The lowest BCUT2D eigenvalue weighted by atomic mass is 10.5. The van der Waals surface area contributed by atoms with Crippen LogP contribution in [0.4, 0.5) is 0 Å². The first kappa shape index (κ1) is 9.97. The quantitative estimate of drug-likeness (QED) is 0.490. The molecule has 0 heterocycles. The maximum atomic E-state index is 10.7. The van der Waals surface area contributed by atoms with E-state index in [1.54, 1.807) is 0 Å². The number of hydrogen-bond donors (Lipinski definition) is 1. The number of rotatable bonds is 2. The van der Waals surface area contributed by atoms with Crippen LogP contribution in [0.5, 0.6) is 0 Å². The molecule has 0 aliphatic rings. The molecule has 0 saturated heterocycles. The minimum Gasteiger partial charge on any atom is -0.464 e. The number of nitrogens with one attached hydrogen (secondary N) is 1. The third-order valence-corrected chi connectivity index (χ3v) is 1.04. The molecule has 0 atom stereocenters. The molecule has 0 bridgehead atoms. The van der Waals surface area contributed by atoms with Gasteiger partial charge in [0.2, 0.25) is 5.91 Å². The second kappa shape index (κ2) is 4.73. The fourth-order valence-corrected chi connectivity index (χ4v) is 0.566. The van der Waals surface area contributed by atoms with Gasteiger partial charge < -0.3 is 10.1 Å². The monoisotopic (exact) mass is 177 g/mol. The average Bonchev–Trinajstić information content (AvgIpc) is 1.98. The predicted octanol–water partition coefficient (Wildman–Crippen LogP) is 0.376. The lowest BCUT2D eigenvalue weighted by Gasteiger charge is -2.02. The van der Waals surface area contributed by atoms with Gasteiger partial charge in [0.05, 0.1) is 7.11 Å². The first-order chi connectivity index (χ1) is 5.11. The summed E-state index contributed by atoms with van der Waals surface area (Å²) < 4.78 is 4.30. The van der Waals surface area contributed by atoms with Crippen molar-refractivity contribution in [3.63, 3.8) is 0 Å². The van der Waals surface area contributed by atoms with Crippen LogP contribution in [-0.4, -0.2) is 19.0 Å². The summed E-state index contributed by atoms with van der Waals surface area (Å²) in [4.78, 5) is 21.1. The Hall–Kier alpha value is -1.03. The fraction of sp³-hybridized carbons (Fsp3) is 0.333. The van der Waals surface area contributed by atoms with Gasteiger partial charge >= 0.3 is 5.97 Å². The van der Waals surface area contributed by atoms with Crippen LogP contribution in [0.1, 0.15) is 6.92 Å². The number of halogens is 1. The van der Waals surface area contributed by atoms with Gasteiger partial charge in [-0.1, -0.05) is 11.6 Å². The Labute approximate surface area is 69.2 Å². The summed E-state index contributed by atoms with van der Waals surface area (Å²) in [7, 11) is 1.20. The fourth-order valence-electron chi connectivity index (χ4n) is 0.422. The van der Waals surface area contributed by atoms with Crippen LogP contribution >= 0.6 is 11.6 Å². The van der Waals surface area contributed by atoms with E-state index in [1.165, 1.54) is 14.0 Å². The molecular formula is C6H8ClNO3. The topological polar surface area (TPSA) is 55.4 Å². The minimum absolute atomic E-state index is 0.0679. The molecule has 0 fully saturated rings. The van der Waals surface area contributed by atoms with E-state index in [4.69, 9.17) is 11.6 Å². The number of carbonyl (C=O) groups is 2. The van der Waals surface area contributed by atoms with Crippen molar-refractivity contribution in [3.8, 4) is 0 Å². The lowest BCUT2D eigenvalue weighted by Crippen LogP contribution is -2.25. The van der Waals surface area contributed by atoms with Crippen molar-refractivity contribution >= 4 is 23.5 Å². The molecule has 0 spiro atoms. The smallest absolute Gasteiger partial charge is 0.355 e. The molecule has 0 aromatic heterocycles. The van der Waals surface area contributed by atoms with Crippen molar-refractivity contribution in [3.05, 3.63) is 11.2 Å². The Morgan fingerprint density at radius 1 is 1.55 bits per heavy atom. The van der Waals surface area contributed by atoms with E-state index >= 15 is 0 Å². The summed E-state index contributed by atoms with van der Waals surface area (Å²) >= 11 is 5.21. The Balaban J connectivity index is 4.20. The third-order valence-electron chi connectivity index (χ3n) is 0.825. The first-order valence-electron chi connectivity index (χ1n) is 2.78. The molecule has 0 unspecified atom stereocenters. The van der Waals surface area contributed by atoms with Gasteiger partial charge in [-0.2, -0.15) is 0 Å². The molecule has 1 N–H and O–H groups in total. The SMILES string of the molecule is COC(=O)/C(=C/Cl)NC(C)=O. The number of hydrogen-bond acceptors (Lipinski definition) is 3. The minimum atomic E-state index is -0.671. The summed E-state index contributed by atoms with van der Waals surface area (Å²) in [6.45, 7) is 1.27. The average molecular weight is 178 g/mol. The van der Waals surface area contributed by atoms with Gasteiger partial charge in [-0.05, 0) is 0 Å². The summed E-state index contributed by atoms with van der Waals surface area (Å²) in [5, 5.41) is 2.20. The van der Waals surface area contributed by atoms with Gasteiger partial charge in [-0.3, -0.25) is 4.79 Å². The zero-order valence-electron chi connectivity index (χ0n) is 6.18. The summed E-state index contributed by atoms with van der Waals surface area (Å²) in [6, 6.07) is 0. The van der Waals surface area contributed by atoms with Crippen molar-refractivity contribution in [2.75, 3.05) is 7.11 Å². The highest BCUT2D eigenvalue weighted by molar-refractivity contribution is 6.27. The van der Waals surface area contributed by atoms with E-state index in [2.05, 4.69) is 10.1 Å². The zero-order valence-corrected chi connectivity index (χ0v) is 6.94. The molecule has 0 aromatic rings. The van der Waals surface area contributed by atoms with E-state index in [0.29, 0.717) is 0 Å². The van der Waals surface area contributed by atoms with Gasteiger partial charge in [0.15, 0.2) is 0 Å². The van der Waals surface area contributed by atoms with Crippen molar-refractivity contribution in [2.24, 2.45) is 0 Å². The lowest BCUT2D eigenvalue weighted by molar-refractivity contribution is -0.137. The molecule has 0 aromatic carbocycles. The maximum absolute atomic E-state index is 10.7. The highest BCUT2D eigenvalue weighted by atomic mass is 35.5. The molecule has 0 saturated carbocycles. The predicted molar refractivity (Wildman–Crippen MR) is 39.8 cm³/mol. The summed E-state index contributed by atoms with van der Waals surface area (Å²) in [5.41, 5.74) is 0.884. The number of amides is 1. The molecular weight excluding hydrogens is 170 g/mol. The van der Waals surface area contributed by atoms with Crippen molar-refractivity contribution in [2.45, 2.75) is 6.92 Å². The molecule has 0 radical (unpaired) electrons. The molecule has 5 heteroatoms. The third kappa shape index (κ3) is 3.62. The van der Waals surface area contributed by atoms with E-state index in [-0.39, 0.29) is 11.6 Å². The molecule has 0 aliphatic heterocycles. The second-order valence-corrected chi connectivity index (χ2v) is 1.91. The molecule has 1 amide bonds. The van der Waals surface area contributed by atoms with Crippen LogP contribution in [0.3, 0.4) is 0 Å². The van der Waals surface area contributed by atoms with Crippen molar-refractivity contribution in [1.82, 2.24) is 5.32 Å². The van der Waals surface area contributed by atoms with Gasteiger partial charge in [0.1, 0.15) is 5.70 Å². The van der Waals surface area contributed by atoms with E-state index in [9.17, 15) is 9.59 Å². The number of ether oxygens (including phenoxy) is 1. The molecule has 0 rings (SSSR count). The number of esters is 1. The maximum Gasteiger partial charge on any atom is 0.355 e. The van der Waals surface area contributed by atoms with E-state index in [0.717, 1.165) is 5.54 Å². The largest absolute Gasteiger partial charge is 0.464 e. The highest BCUT2D eigenvalue weighted by Gasteiger charge is 2.09. The van der Waals surface area contributed by atoms with Crippen LogP contribution in [0, 0.1) is 0 Å². The van der Waals surface area contributed by atoms with Crippen LogP contribution < -0.4 is 5.32 Å². The van der Waals surface area contributed by atoms with Gasteiger partial charge in [0.25, 0.3) is 0 Å². The normalized spacial score (nSPS) is 10.6. The summed E-state index contributed by atoms with van der Waals surface area (Å²) in [5.74, 6) is -1.04. The number of methoxy groups -OCH3 is 1. The van der Waals surface area contributed by atoms with E-state index < -0.39 is 5.97 Å². The van der Waals surface area contributed by atoms with E-state index in [1.807, 2.05) is 0 Å². The Kier molecular flexibility index (Phi) is 4.29. The number of carbonyl (C=O) groups excluding carboxylic acids is 2. The Morgan fingerprint density at radius 3 is 2.36 bits per heavy atom. The van der Waals surface area contributed by atoms with Crippen LogP contribution in [0.25, 0.3) is 0 Å². The van der Waals surface area contributed by atoms with Crippen LogP contribution in [0.2, 0.25) is 0 Å². The Bertz CT molecular complexity index is 200. The van der Waals surface area contributed by atoms with Gasteiger partial charge in [-0.25, -0.2) is 4.79 Å². The molecule has 11 heavy (non-hydrogen) atoms. The molecule has 0 aliphatic carbocycles. The Morgan fingerprint density at radius 2 is 2.09 bits per heavy atom. The van der Waals surface area contributed by atoms with Gasteiger partial charge in [-0.15, -0.1) is 0 Å². The first-order valence-corrected chi connectivity index (χ1v) is 3.21. The van der Waals surface area contributed by atoms with Crippen LogP contribution in [-0.2, 0) is 14.3 Å².